The lowest BCUT2D eigenvalue weighted by atomic mass is 10.0. The Morgan fingerprint density at radius 3 is 1.89 bits per heavy atom. The molecule has 0 bridgehead atoms. The molecule has 0 aliphatic rings. The van der Waals surface area contributed by atoms with Gasteiger partial charge >= 0.3 is 19.8 Å². The highest BCUT2D eigenvalue weighted by Gasteiger charge is 2.26. The van der Waals surface area contributed by atoms with Gasteiger partial charge in [-0.2, -0.15) is 0 Å². The van der Waals surface area contributed by atoms with E-state index in [1.165, 1.54) is 25.7 Å². The van der Waals surface area contributed by atoms with Gasteiger partial charge in [-0.05, 0) is 6.42 Å². The van der Waals surface area contributed by atoms with Gasteiger partial charge in [-0.15, -0.1) is 0 Å². The number of phosphoric acid groups is 1. The molecule has 0 heterocycles. The van der Waals surface area contributed by atoms with Gasteiger partial charge in [0.1, 0.15) is 18.8 Å². The number of carbonyl (C=O) groups excluding carboxylic acids is 1. The van der Waals surface area contributed by atoms with Crippen LogP contribution >= 0.6 is 7.82 Å². The number of aliphatic hydroxyl groups is 1. The third-order valence-electron chi connectivity index (χ3n) is 5.24. The van der Waals surface area contributed by atoms with E-state index in [1.807, 2.05) is 0 Å². The van der Waals surface area contributed by atoms with Crippen LogP contribution in [0.3, 0.4) is 0 Å². The summed E-state index contributed by atoms with van der Waals surface area (Å²) < 4.78 is 41.8. The number of aliphatic hydroxyl groups excluding tert-OH is 1. The summed E-state index contributed by atoms with van der Waals surface area (Å²) in [7, 11) is -4.61. The topological polar surface area (TPSA) is 166 Å². The Morgan fingerprint density at radius 1 is 0.857 bits per heavy atom. The molecular formula is C24H48NO9P. The van der Waals surface area contributed by atoms with E-state index in [1.54, 1.807) is 0 Å². The minimum atomic E-state index is -4.61. The van der Waals surface area contributed by atoms with Crippen molar-refractivity contribution >= 4 is 19.8 Å². The second-order valence-corrected chi connectivity index (χ2v) is 10.1. The van der Waals surface area contributed by atoms with Crippen molar-refractivity contribution in [1.82, 2.24) is 0 Å². The summed E-state index contributed by atoms with van der Waals surface area (Å²) in [6.45, 7) is 0.365. The molecule has 0 amide bonds. The lowest BCUT2D eigenvalue weighted by Crippen LogP contribution is -2.34. The number of unbranched alkanes of at least 4 members (excludes halogenated alkanes) is 9. The Labute approximate surface area is 213 Å². The van der Waals surface area contributed by atoms with Crippen molar-refractivity contribution in [3.63, 3.8) is 0 Å². The van der Waals surface area contributed by atoms with Gasteiger partial charge in [0.25, 0.3) is 0 Å². The second kappa shape index (κ2) is 22.2. The Bertz CT molecular complexity index is 660. The first-order valence-electron chi connectivity index (χ1n) is 13.9. The van der Waals surface area contributed by atoms with Gasteiger partial charge in [0.2, 0.25) is 0 Å². The standard InChI is InChI=1S/C24H48NO9P/c1-2-3-4-5-6-7-8-9-10-11-12-13-14-15-16-17-23(27)32-18-21(26)19-33-35(30,31)34-20-22(25)24(28)29/h21-22,26H,2-20,25H2,1H3,(H,28,29)(H,30,31)/t21?,22-/m0/s1/i9T,10T/t9?,10?,21?,22-. The Kier molecular flexibility index (Phi) is 19.1. The zero-order valence-corrected chi connectivity index (χ0v) is 22.0. The molecule has 0 aliphatic heterocycles. The number of ether oxygens (including phenoxy) is 1. The minimum Gasteiger partial charge on any atom is -0.480 e. The highest BCUT2D eigenvalue weighted by atomic mass is 31.2. The summed E-state index contributed by atoms with van der Waals surface area (Å²) in [5.41, 5.74) is 5.15. The molecule has 0 aromatic carbocycles. The number of aliphatic carboxylic acids is 1. The predicted molar refractivity (Wildman–Crippen MR) is 134 cm³/mol. The zero-order valence-electron chi connectivity index (χ0n) is 23.1. The molecule has 4 unspecified atom stereocenters. The third-order valence-corrected chi connectivity index (χ3v) is 6.19. The molecule has 0 aromatic heterocycles. The summed E-state index contributed by atoms with van der Waals surface area (Å²) in [5, 5.41) is 18.3. The molecular weight excluding hydrogens is 477 g/mol. The smallest absolute Gasteiger partial charge is 0.472 e. The van der Waals surface area contributed by atoms with Crippen molar-refractivity contribution in [3.8, 4) is 0 Å². The largest absolute Gasteiger partial charge is 0.480 e. The maximum absolute atomic E-state index is 11.8. The monoisotopic (exact) mass is 529 g/mol. The number of phosphoric ester groups is 1. The molecule has 0 fully saturated rings. The van der Waals surface area contributed by atoms with Gasteiger partial charge in [0, 0.05) is 9.16 Å². The van der Waals surface area contributed by atoms with Crippen LogP contribution in [0.5, 0.6) is 0 Å². The van der Waals surface area contributed by atoms with Gasteiger partial charge in [0.15, 0.2) is 0 Å². The first-order valence-corrected chi connectivity index (χ1v) is 14.3. The van der Waals surface area contributed by atoms with Crippen molar-refractivity contribution in [2.75, 3.05) is 19.8 Å². The summed E-state index contributed by atoms with van der Waals surface area (Å²) in [4.78, 5) is 31.8. The quantitative estimate of drug-likeness (QED) is 0.0740. The fraction of sp³-hybridized carbons (Fsp3) is 0.917. The van der Waals surface area contributed by atoms with Crippen molar-refractivity contribution < 1.29 is 45.8 Å². The van der Waals surface area contributed by atoms with Crippen molar-refractivity contribution in [3.05, 3.63) is 0 Å². The van der Waals surface area contributed by atoms with E-state index < -0.39 is 51.7 Å². The first-order chi connectivity index (χ1) is 17.5. The fourth-order valence-corrected chi connectivity index (χ4v) is 3.90. The summed E-state index contributed by atoms with van der Waals surface area (Å²) >= 11 is 0. The SMILES string of the molecule is [3H]C(CCCCCCCC)C([3H])CCCCCCCC(=O)OCC(O)COP(=O)(O)OC[C@H](N)C(=O)O. The maximum Gasteiger partial charge on any atom is 0.472 e. The molecule has 208 valence electrons. The van der Waals surface area contributed by atoms with Crippen LogP contribution in [-0.4, -0.2) is 59.0 Å². The molecule has 0 saturated heterocycles. The number of carboxylic acid groups (broad SMARTS) is 1. The van der Waals surface area contributed by atoms with Crippen molar-refractivity contribution in [1.29, 1.82) is 0 Å². The van der Waals surface area contributed by atoms with E-state index in [-0.39, 0.29) is 19.2 Å². The Balaban J connectivity index is 3.74. The maximum atomic E-state index is 11.8. The molecule has 35 heavy (non-hydrogen) atoms. The third kappa shape index (κ3) is 23.1. The number of nitrogens with two attached hydrogens (primary N) is 1. The van der Waals surface area contributed by atoms with Crippen LogP contribution in [-0.2, 0) is 27.9 Å². The molecule has 11 heteroatoms. The van der Waals surface area contributed by atoms with Crippen molar-refractivity contribution in [2.45, 2.75) is 122 Å². The van der Waals surface area contributed by atoms with Crippen LogP contribution in [0.1, 0.15) is 112 Å². The number of hydrogen-bond acceptors (Lipinski definition) is 8. The van der Waals surface area contributed by atoms with Gasteiger partial charge in [0.05, 0.1) is 13.2 Å². The second-order valence-electron chi connectivity index (χ2n) is 8.68. The first kappa shape index (κ1) is 30.2. The van der Waals surface area contributed by atoms with Crippen LogP contribution in [0, 0.1) is 0 Å². The summed E-state index contributed by atoms with van der Waals surface area (Å²) in [6, 6.07) is -1.50. The highest BCUT2D eigenvalue weighted by Crippen LogP contribution is 2.43. The minimum absolute atomic E-state index is 0.177. The number of rotatable bonds is 25. The van der Waals surface area contributed by atoms with Crippen LogP contribution in [0.15, 0.2) is 0 Å². The normalized spacial score (nSPS) is 17.5. The zero-order chi connectivity index (χ0) is 28.1. The van der Waals surface area contributed by atoms with Crippen LogP contribution in [0.4, 0.5) is 0 Å². The van der Waals surface area contributed by atoms with E-state index in [0.717, 1.165) is 51.4 Å². The fourth-order valence-electron chi connectivity index (χ4n) is 3.11. The predicted octanol–water partition coefficient (Wildman–Crippen LogP) is 4.70. The summed E-state index contributed by atoms with van der Waals surface area (Å²) in [6.07, 6.45) is 11.1. The summed E-state index contributed by atoms with van der Waals surface area (Å²) in [5.74, 6) is -1.92. The lowest BCUT2D eigenvalue weighted by Gasteiger charge is -2.16. The molecule has 0 spiro atoms. The lowest BCUT2D eigenvalue weighted by molar-refractivity contribution is -0.147. The van der Waals surface area contributed by atoms with Gasteiger partial charge in [-0.1, -0.05) is 96.8 Å². The average Bonchev–Trinajstić information content (AvgIpc) is 2.85. The van der Waals surface area contributed by atoms with E-state index >= 15 is 0 Å². The van der Waals surface area contributed by atoms with Gasteiger partial charge in [-0.25, -0.2) is 4.57 Å². The average molecular weight is 530 g/mol. The highest BCUT2D eigenvalue weighted by molar-refractivity contribution is 7.47. The molecule has 5 N–H and O–H groups in total. The molecule has 5 atom stereocenters. The van der Waals surface area contributed by atoms with Gasteiger partial charge < -0.3 is 25.6 Å². The molecule has 0 aliphatic carbocycles. The Hall–Kier alpha value is -1.03. The number of carbonyl (C=O) groups is 2. The van der Waals surface area contributed by atoms with E-state index in [2.05, 4.69) is 16.0 Å². The number of hydrogen-bond donors (Lipinski definition) is 4. The molecule has 0 radical (unpaired) electrons. The molecule has 0 rings (SSSR count). The van der Waals surface area contributed by atoms with Crippen molar-refractivity contribution in [2.24, 2.45) is 5.73 Å². The molecule has 0 aromatic rings. The van der Waals surface area contributed by atoms with E-state index in [4.69, 9.17) is 18.3 Å². The van der Waals surface area contributed by atoms with Crippen LogP contribution in [0.2, 0.25) is 0 Å². The molecule has 0 saturated carbocycles. The number of esters is 1. The van der Waals surface area contributed by atoms with Crippen LogP contribution < -0.4 is 5.73 Å². The Morgan fingerprint density at radius 2 is 1.34 bits per heavy atom. The van der Waals surface area contributed by atoms with E-state index in [9.17, 15) is 24.2 Å². The number of carboxylic acids is 1. The van der Waals surface area contributed by atoms with E-state index in [0.29, 0.717) is 6.42 Å². The van der Waals surface area contributed by atoms with Gasteiger partial charge in [-0.3, -0.25) is 18.6 Å². The van der Waals surface area contributed by atoms with Crippen LogP contribution in [0.25, 0.3) is 0 Å². The molecule has 10 nitrogen and oxygen atoms in total.